The van der Waals surface area contributed by atoms with Crippen LogP contribution in [0, 0.1) is 11.7 Å². The number of benzene rings is 1. The van der Waals surface area contributed by atoms with Gasteiger partial charge >= 0.3 is 0 Å². The van der Waals surface area contributed by atoms with Crippen LogP contribution in [0.15, 0.2) is 24.3 Å². The van der Waals surface area contributed by atoms with E-state index < -0.39 is 5.97 Å². The Kier molecular flexibility index (Phi) is 15.1. The first kappa shape index (κ1) is 27.1. The fourth-order valence-corrected chi connectivity index (χ4v) is 3.69. The highest BCUT2D eigenvalue weighted by molar-refractivity contribution is 5.17. The predicted molar refractivity (Wildman–Crippen MR) is 123 cm³/mol. The van der Waals surface area contributed by atoms with Crippen LogP contribution in [0.3, 0.4) is 0 Å². The van der Waals surface area contributed by atoms with E-state index in [1.54, 1.807) is 0 Å². The molecule has 4 heteroatoms. The Labute approximate surface area is 184 Å². The molecular formula is C26H45FO3. The zero-order chi connectivity index (χ0) is 22.1. The molecule has 0 saturated heterocycles. The van der Waals surface area contributed by atoms with Crippen molar-refractivity contribution < 1.29 is 18.6 Å². The molecule has 0 amide bonds. The third kappa shape index (κ3) is 10.4. The van der Waals surface area contributed by atoms with Gasteiger partial charge in [0, 0.05) is 5.92 Å². The van der Waals surface area contributed by atoms with E-state index in [0.29, 0.717) is 19.8 Å². The van der Waals surface area contributed by atoms with Gasteiger partial charge in [-0.05, 0) is 49.8 Å². The van der Waals surface area contributed by atoms with Crippen LogP contribution >= 0.6 is 0 Å². The van der Waals surface area contributed by atoms with Crippen molar-refractivity contribution in [2.75, 3.05) is 19.8 Å². The fourth-order valence-electron chi connectivity index (χ4n) is 3.69. The van der Waals surface area contributed by atoms with E-state index in [9.17, 15) is 4.39 Å². The number of halogens is 1. The molecule has 0 fully saturated rings. The minimum atomic E-state index is -1.03. The monoisotopic (exact) mass is 424 g/mol. The fraction of sp³-hybridized carbons (Fsp3) is 0.769. The molecule has 3 nitrogen and oxygen atoms in total. The second-order valence-electron chi connectivity index (χ2n) is 8.23. The minimum Gasteiger partial charge on any atom is -0.327 e. The number of ether oxygens (including phenoxy) is 3. The summed E-state index contributed by atoms with van der Waals surface area (Å²) < 4.78 is 32.4. The summed E-state index contributed by atoms with van der Waals surface area (Å²) in [5.41, 5.74) is 1.09. The Bertz CT molecular complexity index is 496. The van der Waals surface area contributed by atoms with Crippen molar-refractivity contribution >= 4 is 0 Å². The lowest BCUT2D eigenvalue weighted by Gasteiger charge is -2.40. The minimum absolute atomic E-state index is 0.0683. The summed E-state index contributed by atoms with van der Waals surface area (Å²) in [5.74, 6) is -1.16. The molecule has 1 aromatic rings. The molecule has 0 saturated carbocycles. The summed E-state index contributed by atoms with van der Waals surface area (Å²) in [6.07, 6.45) is 11.9. The molecular weight excluding hydrogens is 379 g/mol. The molecule has 0 N–H and O–H groups in total. The first-order chi connectivity index (χ1) is 14.6. The van der Waals surface area contributed by atoms with Gasteiger partial charge in [-0.3, -0.25) is 0 Å². The van der Waals surface area contributed by atoms with Gasteiger partial charge in [0.25, 0.3) is 5.97 Å². The highest BCUT2D eigenvalue weighted by atomic mass is 19.1. The first-order valence-corrected chi connectivity index (χ1v) is 12.3. The average molecular weight is 425 g/mol. The van der Waals surface area contributed by atoms with Crippen LogP contribution in [-0.4, -0.2) is 25.8 Å². The van der Waals surface area contributed by atoms with Gasteiger partial charge in [-0.1, -0.05) is 78.4 Å². The van der Waals surface area contributed by atoms with Crippen LogP contribution in [-0.2, 0) is 20.6 Å². The van der Waals surface area contributed by atoms with Crippen LogP contribution in [0.1, 0.15) is 97.5 Å². The van der Waals surface area contributed by atoms with Crippen molar-refractivity contribution in [1.29, 1.82) is 0 Å². The van der Waals surface area contributed by atoms with Crippen LogP contribution in [0.25, 0.3) is 0 Å². The molecule has 0 spiro atoms. The van der Waals surface area contributed by atoms with E-state index in [1.165, 1.54) is 44.2 Å². The summed E-state index contributed by atoms with van der Waals surface area (Å²) in [4.78, 5) is 0. The highest BCUT2D eigenvalue weighted by Crippen LogP contribution is 2.34. The number of hydrogen-bond donors (Lipinski definition) is 0. The van der Waals surface area contributed by atoms with Gasteiger partial charge in [-0.2, -0.15) is 0 Å². The van der Waals surface area contributed by atoms with Gasteiger partial charge in [0.05, 0.1) is 19.8 Å². The second kappa shape index (κ2) is 16.7. The Morgan fingerprint density at radius 1 is 0.700 bits per heavy atom. The maximum Gasteiger partial charge on any atom is 0.286 e. The SMILES string of the molecule is CCCCCCCCC(Cc1ccc(F)cc1)C(OCCC)(OCCC)OCCC. The smallest absolute Gasteiger partial charge is 0.286 e. The number of rotatable bonds is 19. The molecule has 0 bridgehead atoms. The molecule has 1 rings (SSSR count). The zero-order valence-electron chi connectivity index (χ0n) is 19.9. The summed E-state index contributed by atoms with van der Waals surface area (Å²) in [6.45, 7) is 10.4. The molecule has 1 aromatic carbocycles. The van der Waals surface area contributed by atoms with Crippen LogP contribution in [0.5, 0.6) is 0 Å². The van der Waals surface area contributed by atoms with Gasteiger partial charge < -0.3 is 14.2 Å². The van der Waals surface area contributed by atoms with E-state index in [0.717, 1.165) is 44.1 Å². The van der Waals surface area contributed by atoms with Crippen molar-refractivity contribution in [3.63, 3.8) is 0 Å². The van der Waals surface area contributed by atoms with Gasteiger partial charge in [0.1, 0.15) is 5.82 Å². The molecule has 0 heterocycles. The standard InChI is InChI=1S/C26H45FO3/c1-5-9-10-11-12-13-14-24(22-23-15-17-25(27)18-16-23)26(28-19-6-2,29-20-7-3)30-21-8-4/h15-18,24H,5-14,19-22H2,1-4H3. The number of unbranched alkanes of at least 4 members (excludes halogenated alkanes) is 5. The van der Waals surface area contributed by atoms with E-state index in [1.807, 2.05) is 12.1 Å². The summed E-state index contributed by atoms with van der Waals surface area (Å²) in [7, 11) is 0. The number of hydrogen-bond acceptors (Lipinski definition) is 3. The van der Waals surface area contributed by atoms with E-state index >= 15 is 0 Å². The normalized spacial score (nSPS) is 13.0. The molecule has 0 aliphatic carbocycles. The molecule has 0 aliphatic rings. The molecule has 174 valence electrons. The van der Waals surface area contributed by atoms with Crippen molar-refractivity contribution in [1.82, 2.24) is 0 Å². The Hall–Kier alpha value is -0.970. The molecule has 1 atom stereocenters. The summed E-state index contributed by atoms with van der Waals surface area (Å²) in [6, 6.07) is 6.80. The van der Waals surface area contributed by atoms with Crippen molar-refractivity contribution in [3.05, 3.63) is 35.6 Å². The predicted octanol–water partition coefficient (Wildman–Crippen LogP) is 7.67. The molecule has 0 aliphatic heterocycles. The summed E-state index contributed by atoms with van der Waals surface area (Å²) >= 11 is 0. The quantitative estimate of drug-likeness (QED) is 0.168. The maximum atomic E-state index is 13.4. The topological polar surface area (TPSA) is 27.7 Å². The van der Waals surface area contributed by atoms with Gasteiger partial charge in [-0.25, -0.2) is 4.39 Å². The Morgan fingerprint density at radius 3 is 1.70 bits per heavy atom. The second-order valence-corrected chi connectivity index (χ2v) is 8.23. The van der Waals surface area contributed by atoms with E-state index in [-0.39, 0.29) is 11.7 Å². The highest BCUT2D eigenvalue weighted by Gasteiger charge is 2.42. The van der Waals surface area contributed by atoms with Crippen LogP contribution in [0.4, 0.5) is 4.39 Å². The van der Waals surface area contributed by atoms with E-state index in [2.05, 4.69) is 27.7 Å². The first-order valence-electron chi connectivity index (χ1n) is 12.3. The third-order valence-electron chi connectivity index (χ3n) is 5.32. The average Bonchev–Trinajstić information content (AvgIpc) is 2.76. The largest absolute Gasteiger partial charge is 0.327 e. The van der Waals surface area contributed by atoms with Crippen LogP contribution in [0.2, 0.25) is 0 Å². The third-order valence-corrected chi connectivity index (χ3v) is 5.32. The molecule has 0 radical (unpaired) electrons. The van der Waals surface area contributed by atoms with Crippen LogP contribution < -0.4 is 0 Å². The lowest BCUT2D eigenvalue weighted by Crippen LogP contribution is -2.48. The van der Waals surface area contributed by atoms with Gasteiger partial charge in [-0.15, -0.1) is 0 Å². The van der Waals surface area contributed by atoms with Crippen molar-refractivity contribution in [2.24, 2.45) is 5.92 Å². The molecule has 1 unspecified atom stereocenters. The summed E-state index contributed by atoms with van der Waals surface area (Å²) in [5, 5.41) is 0. The lowest BCUT2D eigenvalue weighted by atomic mass is 9.90. The van der Waals surface area contributed by atoms with E-state index in [4.69, 9.17) is 14.2 Å². The maximum absolute atomic E-state index is 13.4. The molecule has 30 heavy (non-hydrogen) atoms. The Balaban J connectivity index is 3.01. The Morgan fingerprint density at radius 2 is 1.20 bits per heavy atom. The zero-order valence-corrected chi connectivity index (χ0v) is 19.9. The van der Waals surface area contributed by atoms with Crippen molar-refractivity contribution in [3.8, 4) is 0 Å². The molecule has 0 aromatic heterocycles. The van der Waals surface area contributed by atoms with Crippen molar-refractivity contribution in [2.45, 2.75) is 104 Å². The van der Waals surface area contributed by atoms with Gasteiger partial charge in [0.15, 0.2) is 0 Å². The van der Waals surface area contributed by atoms with Gasteiger partial charge in [0.2, 0.25) is 0 Å². The lowest BCUT2D eigenvalue weighted by molar-refractivity contribution is -0.406.